The molecule has 0 aliphatic heterocycles. The number of imidazole rings is 1. The normalized spacial score (nSPS) is 15.3. The molecule has 2 unspecified atom stereocenters. The quantitative estimate of drug-likeness (QED) is 0.800. The third kappa shape index (κ3) is 3.19. The molecule has 4 nitrogen and oxygen atoms in total. The number of nitrogens with one attached hydrogen (secondary N) is 1. The third-order valence-electron chi connectivity index (χ3n) is 2.75. The molecule has 0 bridgehead atoms. The lowest BCUT2D eigenvalue weighted by molar-refractivity contribution is 0.206. The molecule has 0 radical (unpaired) electrons. The van der Waals surface area contributed by atoms with Crippen molar-refractivity contribution in [1.29, 1.82) is 0 Å². The van der Waals surface area contributed by atoms with Crippen molar-refractivity contribution in [2.75, 3.05) is 6.61 Å². The van der Waals surface area contributed by atoms with Crippen molar-refractivity contribution < 1.29 is 5.11 Å². The summed E-state index contributed by atoms with van der Waals surface area (Å²) in [5, 5.41) is 12.9. The highest BCUT2D eigenvalue weighted by atomic mass is 35.5. The lowest BCUT2D eigenvalue weighted by Crippen LogP contribution is -2.34. The van der Waals surface area contributed by atoms with Gasteiger partial charge in [-0.05, 0) is 12.8 Å². The largest absolute Gasteiger partial charge is 0.396 e. The predicted molar refractivity (Wildman–Crippen MR) is 60.8 cm³/mol. The van der Waals surface area contributed by atoms with Crippen LogP contribution in [0.15, 0.2) is 6.20 Å². The van der Waals surface area contributed by atoms with Crippen LogP contribution in [-0.4, -0.2) is 27.3 Å². The summed E-state index contributed by atoms with van der Waals surface area (Å²) < 4.78 is 1.84. The van der Waals surface area contributed by atoms with Gasteiger partial charge in [-0.25, -0.2) is 4.98 Å². The standard InChI is InChI=1S/C10H18ClN3O/c1-7(6-15)8(2)12-5-10-13-4-9(11)14(10)3/h4,7-8,12,15H,5-6H2,1-3H3. The summed E-state index contributed by atoms with van der Waals surface area (Å²) in [5.41, 5.74) is 0. The van der Waals surface area contributed by atoms with Gasteiger partial charge >= 0.3 is 0 Å². The van der Waals surface area contributed by atoms with Gasteiger partial charge in [-0.1, -0.05) is 18.5 Å². The molecule has 86 valence electrons. The monoisotopic (exact) mass is 231 g/mol. The van der Waals surface area contributed by atoms with Crippen molar-refractivity contribution in [3.63, 3.8) is 0 Å². The second kappa shape index (κ2) is 5.49. The van der Waals surface area contributed by atoms with Gasteiger partial charge < -0.3 is 15.0 Å². The highest BCUT2D eigenvalue weighted by molar-refractivity contribution is 6.29. The number of aliphatic hydroxyl groups is 1. The second-order valence-electron chi connectivity index (χ2n) is 3.89. The van der Waals surface area contributed by atoms with Crippen LogP contribution in [-0.2, 0) is 13.6 Å². The fourth-order valence-electron chi connectivity index (χ4n) is 1.20. The summed E-state index contributed by atoms with van der Waals surface area (Å²) in [5.74, 6) is 1.14. The maximum Gasteiger partial charge on any atom is 0.128 e. The fourth-order valence-corrected chi connectivity index (χ4v) is 1.35. The molecule has 0 fully saturated rings. The first-order valence-corrected chi connectivity index (χ1v) is 5.44. The Labute approximate surface area is 95.3 Å². The molecule has 0 amide bonds. The minimum Gasteiger partial charge on any atom is -0.396 e. The first-order valence-electron chi connectivity index (χ1n) is 5.06. The van der Waals surface area contributed by atoms with Crippen LogP contribution < -0.4 is 5.32 Å². The number of hydrogen-bond acceptors (Lipinski definition) is 3. The van der Waals surface area contributed by atoms with Crippen LogP contribution in [0.2, 0.25) is 5.15 Å². The van der Waals surface area contributed by atoms with E-state index in [9.17, 15) is 0 Å². The van der Waals surface area contributed by atoms with Gasteiger partial charge in [-0.2, -0.15) is 0 Å². The molecule has 1 aromatic rings. The molecular weight excluding hydrogens is 214 g/mol. The van der Waals surface area contributed by atoms with Crippen LogP contribution in [0, 0.1) is 5.92 Å². The van der Waals surface area contributed by atoms with Crippen LogP contribution in [0.1, 0.15) is 19.7 Å². The number of nitrogens with zero attached hydrogens (tertiary/aromatic N) is 2. The Hall–Kier alpha value is -0.580. The van der Waals surface area contributed by atoms with E-state index in [1.165, 1.54) is 0 Å². The summed E-state index contributed by atoms with van der Waals surface area (Å²) in [4.78, 5) is 4.18. The molecule has 0 spiro atoms. The van der Waals surface area contributed by atoms with Gasteiger partial charge in [0.25, 0.3) is 0 Å². The van der Waals surface area contributed by atoms with E-state index in [4.69, 9.17) is 16.7 Å². The van der Waals surface area contributed by atoms with Gasteiger partial charge in [0.15, 0.2) is 0 Å². The van der Waals surface area contributed by atoms with E-state index >= 15 is 0 Å². The second-order valence-corrected chi connectivity index (χ2v) is 4.27. The Morgan fingerprint density at radius 3 is 2.73 bits per heavy atom. The Bertz CT molecular complexity index is 314. The molecule has 0 saturated heterocycles. The average Bonchev–Trinajstić information content (AvgIpc) is 2.55. The van der Waals surface area contributed by atoms with Gasteiger partial charge in [0, 0.05) is 19.7 Å². The van der Waals surface area contributed by atoms with Crippen molar-refractivity contribution in [1.82, 2.24) is 14.9 Å². The smallest absolute Gasteiger partial charge is 0.128 e. The van der Waals surface area contributed by atoms with E-state index in [-0.39, 0.29) is 18.6 Å². The van der Waals surface area contributed by atoms with Crippen LogP contribution in [0.3, 0.4) is 0 Å². The van der Waals surface area contributed by atoms with Gasteiger partial charge in [0.2, 0.25) is 0 Å². The van der Waals surface area contributed by atoms with Crippen molar-refractivity contribution in [3.05, 3.63) is 17.2 Å². The molecule has 1 heterocycles. The minimum atomic E-state index is 0.190. The molecule has 0 aliphatic rings. The summed E-state index contributed by atoms with van der Waals surface area (Å²) >= 11 is 5.87. The number of rotatable bonds is 5. The number of hydrogen-bond donors (Lipinski definition) is 2. The fraction of sp³-hybridized carbons (Fsp3) is 0.700. The van der Waals surface area contributed by atoms with Crippen LogP contribution in [0.5, 0.6) is 0 Å². The molecule has 0 saturated carbocycles. The van der Waals surface area contributed by atoms with E-state index < -0.39 is 0 Å². The molecule has 1 aromatic heterocycles. The maximum absolute atomic E-state index is 8.98. The van der Waals surface area contributed by atoms with Crippen molar-refractivity contribution in [3.8, 4) is 0 Å². The van der Waals surface area contributed by atoms with Crippen LogP contribution >= 0.6 is 11.6 Å². The zero-order chi connectivity index (χ0) is 11.4. The maximum atomic E-state index is 8.98. The van der Waals surface area contributed by atoms with Gasteiger partial charge in [-0.15, -0.1) is 0 Å². The minimum absolute atomic E-state index is 0.190. The molecule has 2 atom stereocenters. The summed E-state index contributed by atoms with van der Waals surface area (Å²) in [6.07, 6.45) is 1.64. The molecule has 0 aromatic carbocycles. The first-order chi connectivity index (χ1) is 7.06. The Morgan fingerprint density at radius 1 is 1.60 bits per heavy atom. The molecule has 1 rings (SSSR count). The molecule has 15 heavy (non-hydrogen) atoms. The highest BCUT2D eigenvalue weighted by Crippen LogP contribution is 2.09. The highest BCUT2D eigenvalue weighted by Gasteiger charge is 2.11. The zero-order valence-electron chi connectivity index (χ0n) is 9.37. The summed E-state index contributed by atoms with van der Waals surface area (Å²) in [6.45, 7) is 4.90. The van der Waals surface area contributed by atoms with E-state index in [2.05, 4.69) is 10.3 Å². The van der Waals surface area contributed by atoms with E-state index in [1.54, 1.807) is 6.20 Å². The Balaban J connectivity index is 2.47. The summed E-state index contributed by atoms with van der Waals surface area (Å²) in [6, 6.07) is 0.255. The Morgan fingerprint density at radius 2 is 2.27 bits per heavy atom. The predicted octanol–water partition coefficient (Wildman–Crippen LogP) is 1.18. The Kier molecular flexibility index (Phi) is 4.57. The molecule has 2 N–H and O–H groups in total. The SMILES string of the molecule is CC(CO)C(C)NCc1ncc(Cl)n1C. The molecule has 5 heteroatoms. The number of aliphatic hydroxyl groups excluding tert-OH is 1. The van der Waals surface area contributed by atoms with Gasteiger partial charge in [0.05, 0.1) is 12.7 Å². The lowest BCUT2D eigenvalue weighted by Gasteiger charge is -2.18. The van der Waals surface area contributed by atoms with Crippen molar-refractivity contribution >= 4 is 11.6 Å². The molecule has 0 aliphatic carbocycles. The lowest BCUT2D eigenvalue weighted by atomic mass is 10.1. The van der Waals surface area contributed by atoms with Gasteiger partial charge in [-0.3, -0.25) is 0 Å². The van der Waals surface area contributed by atoms with Crippen molar-refractivity contribution in [2.24, 2.45) is 13.0 Å². The van der Waals surface area contributed by atoms with Crippen LogP contribution in [0.4, 0.5) is 0 Å². The first kappa shape index (κ1) is 12.5. The topological polar surface area (TPSA) is 50.1 Å². The van der Waals surface area contributed by atoms with E-state index in [0.717, 1.165) is 5.82 Å². The third-order valence-corrected chi connectivity index (χ3v) is 3.10. The molecular formula is C10H18ClN3O. The number of halogens is 1. The average molecular weight is 232 g/mol. The van der Waals surface area contributed by atoms with E-state index in [0.29, 0.717) is 11.7 Å². The zero-order valence-corrected chi connectivity index (χ0v) is 10.1. The van der Waals surface area contributed by atoms with Gasteiger partial charge in [0.1, 0.15) is 11.0 Å². The van der Waals surface area contributed by atoms with E-state index in [1.807, 2.05) is 25.5 Å². The van der Waals surface area contributed by atoms with Crippen molar-refractivity contribution in [2.45, 2.75) is 26.4 Å². The number of aromatic nitrogens is 2. The summed E-state index contributed by atoms with van der Waals surface area (Å²) in [7, 11) is 1.88. The van der Waals surface area contributed by atoms with Crippen LogP contribution in [0.25, 0.3) is 0 Å².